The summed E-state index contributed by atoms with van der Waals surface area (Å²) in [6.45, 7) is 3.73. The van der Waals surface area contributed by atoms with Crippen molar-refractivity contribution >= 4 is 17.3 Å². The fourth-order valence-electron chi connectivity index (χ4n) is 2.23. The minimum atomic E-state index is -4.47. The third-order valence-electron chi connectivity index (χ3n) is 3.57. The molecule has 0 saturated carbocycles. The van der Waals surface area contributed by atoms with Crippen LogP contribution < -0.4 is 10.6 Å². The lowest BCUT2D eigenvalue weighted by Crippen LogP contribution is -2.15. The predicted molar refractivity (Wildman–Crippen MR) is 93.3 cm³/mol. The molecule has 0 fully saturated rings. The molecule has 0 heterocycles. The SMILES string of the molecule is Cc1ccc(NC(=O)/C(C#N)=C\Nc2cccc(C(F)(F)F)c2)c(C)c1. The molecule has 0 atom stereocenters. The van der Waals surface area contributed by atoms with E-state index in [-0.39, 0.29) is 11.3 Å². The lowest BCUT2D eigenvalue weighted by atomic mass is 10.1. The number of rotatable bonds is 4. The summed E-state index contributed by atoms with van der Waals surface area (Å²) in [5.74, 6) is -0.654. The van der Waals surface area contributed by atoms with Crippen LogP contribution in [0.1, 0.15) is 16.7 Å². The fraction of sp³-hybridized carbons (Fsp3) is 0.158. The van der Waals surface area contributed by atoms with Crippen LogP contribution in [0, 0.1) is 25.2 Å². The first kappa shape index (κ1) is 19.1. The first-order valence-corrected chi connectivity index (χ1v) is 7.63. The van der Waals surface area contributed by atoms with E-state index in [1.807, 2.05) is 26.0 Å². The smallest absolute Gasteiger partial charge is 0.360 e. The number of alkyl halides is 3. The number of hydrogen-bond acceptors (Lipinski definition) is 3. The van der Waals surface area contributed by atoms with Crippen molar-refractivity contribution in [2.24, 2.45) is 0 Å². The maximum absolute atomic E-state index is 12.7. The summed E-state index contributed by atoms with van der Waals surface area (Å²) in [6, 6.07) is 11.6. The van der Waals surface area contributed by atoms with Crippen LogP contribution in [0.15, 0.2) is 54.2 Å². The van der Waals surface area contributed by atoms with E-state index in [1.165, 1.54) is 12.1 Å². The minimum Gasteiger partial charge on any atom is -0.360 e. The maximum Gasteiger partial charge on any atom is 0.416 e. The monoisotopic (exact) mass is 359 g/mol. The van der Waals surface area contributed by atoms with Crippen molar-refractivity contribution in [1.29, 1.82) is 5.26 Å². The molecule has 0 aliphatic rings. The summed E-state index contributed by atoms with van der Waals surface area (Å²) in [5.41, 5.74) is 1.45. The second kappa shape index (κ2) is 7.74. The highest BCUT2D eigenvalue weighted by Gasteiger charge is 2.30. The van der Waals surface area contributed by atoms with Crippen molar-refractivity contribution in [2.45, 2.75) is 20.0 Å². The van der Waals surface area contributed by atoms with Crippen LogP contribution in [0.5, 0.6) is 0 Å². The molecule has 0 radical (unpaired) electrons. The number of carbonyl (C=O) groups excluding carboxylic acids is 1. The van der Waals surface area contributed by atoms with E-state index in [4.69, 9.17) is 5.26 Å². The second-order valence-corrected chi connectivity index (χ2v) is 5.67. The number of aryl methyl sites for hydroxylation is 2. The zero-order chi connectivity index (χ0) is 19.3. The fourth-order valence-corrected chi connectivity index (χ4v) is 2.23. The van der Waals surface area contributed by atoms with Crippen LogP contribution in [0.25, 0.3) is 0 Å². The third-order valence-corrected chi connectivity index (χ3v) is 3.57. The highest BCUT2D eigenvalue weighted by molar-refractivity contribution is 6.07. The van der Waals surface area contributed by atoms with E-state index in [1.54, 1.807) is 12.1 Å². The van der Waals surface area contributed by atoms with Crippen LogP contribution in [-0.4, -0.2) is 5.91 Å². The number of anilines is 2. The van der Waals surface area contributed by atoms with Gasteiger partial charge in [-0.15, -0.1) is 0 Å². The average Bonchev–Trinajstić information content (AvgIpc) is 2.57. The van der Waals surface area contributed by atoms with E-state index in [0.717, 1.165) is 29.5 Å². The van der Waals surface area contributed by atoms with Gasteiger partial charge in [0.1, 0.15) is 11.6 Å². The van der Waals surface area contributed by atoms with Gasteiger partial charge in [0, 0.05) is 17.6 Å². The molecular weight excluding hydrogens is 343 g/mol. The standard InChI is InChI=1S/C19H16F3N3O/c1-12-6-7-17(13(2)8-12)25-18(26)14(10-23)11-24-16-5-3-4-15(9-16)19(20,21)22/h3-9,11,24H,1-2H3,(H,25,26)/b14-11-. The quantitative estimate of drug-likeness (QED) is 0.610. The molecule has 2 N–H and O–H groups in total. The summed E-state index contributed by atoms with van der Waals surface area (Å²) >= 11 is 0. The highest BCUT2D eigenvalue weighted by Crippen LogP contribution is 2.30. The topological polar surface area (TPSA) is 64.9 Å². The predicted octanol–water partition coefficient (Wildman–Crippen LogP) is 4.78. The minimum absolute atomic E-state index is 0.117. The molecule has 7 heteroatoms. The third kappa shape index (κ3) is 4.86. The van der Waals surface area contributed by atoms with Gasteiger partial charge in [-0.1, -0.05) is 23.8 Å². The highest BCUT2D eigenvalue weighted by atomic mass is 19.4. The molecule has 4 nitrogen and oxygen atoms in total. The number of hydrogen-bond donors (Lipinski definition) is 2. The van der Waals surface area contributed by atoms with Crippen molar-refractivity contribution in [3.05, 3.63) is 70.9 Å². The first-order chi connectivity index (χ1) is 12.2. The van der Waals surface area contributed by atoms with Crippen LogP contribution in [0.2, 0.25) is 0 Å². The molecule has 0 bridgehead atoms. The van der Waals surface area contributed by atoms with Gasteiger partial charge in [0.25, 0.3) is 5.91 Å². The first-order valence-electron chi connectivity index (χ1n) is 7.63. The van der Waals surface area contributed by atoms with E-state index in [9.17, 15) is 18.0 Å². The number of halogens is 3. The number of benzene rings is 2. The molecule has 0 aliphatic heterocycles. The Morgan fingerprint density at radius 3 is 2.50 bits per heavy atom. The Morgan fingerprint density at radius 1 is 1.15 bits per heavy atom. The number of amides is 1. The Hall–Kier alpha value is -3.27. The molecule has 0 aromatic heterocycles. The summed E-state index contributed by atoms with van der Waals surface area (Å²) in [6.07, 6.45) is -3.39. The van der Waals surface area contributed by atoms with Crippen LogP contribution in [0.4, 0.5) is 24.5 Å². The molecular formula is C19H16F3N3O. The van der Waals surface area contributed by atoms with E-state index in [2.05, 4.69) is 10.6 Å². The van der Waals surface area contributed by atoms with Gasteiger partial charge in [-0.05, 0) is 43.7 Å². The van der Waals surface area contributed by atoms with Crippen LogP contribution in [0.3, 0.4) is 0 Å². The zero-order valence-electron chi connectivity index (χ0n) is 14.1. The van der Waals surface area contributed by atoms with Gasteiger partial charge in [-0.2, -0.15) is 18.4 Å². The molecule has 134 valence electrons. The second-order valence-electron chi connectivity index (χ2n) is 5.67. The summed E-state index contributed by atoms with van der Waals surface area (Å²) < 4.78 is 38.1. The van der Waals surface area contributed by atoms with Crippen molar-refractivity contribution in [3.63, 3.8) is 0 Å². The van der Waals surface area contributed by atoms with Crippen molar-refractivity contribution in [2.75, 3.05) is 10.6 Å². The Labute approximate surface area is 149 Å². The Kier molecular flexibility index (Phi) is 5.68. The number of nitrogens with zero attached hydrogens (tertiary/aromatic N) is 1. The lowest BCUT2D eigenvalue weighted by molar-refractivity contribution is -0.137. The number of nitriles is 1. The zero-order valence-corrected chi connectivity index (χ0v) is 14.1. The van der Waals surface area contributed by atoms with Gasteiger partial charge in [0.05, 0.1) is 5.56 Å². The van der Waals surface area contributed by atoms with E-state index >= 15 is 0 Å². The summed E-state index contributed by atoms with van der Waals surface area (Å²) in [5, 5.41) is 14.3. The van der Waals surface area contributed by atoms with Crippen LogP contribution in [-0.2, 0) is 11.0 Å². The molecule has 26 heavy (non-hydrogen) atoms. The summed E-state index contributed by atoms with van der Waals surface area (Å²) in [7, 11) is 0. The van der Waals surface area contributed by atoms with E-state index in [0.29, 0.717) is 5.69 Å². The Bertz CT molecular complexity index is 896. The largest absolute Gasteiger partial charge is 0.416 e. The molecule has 2 rings (SSSR count). The molecule has 0 aliphatic carbocycles. The average molecular weight is 359 g/mol. The molecule has 0 unspecified atom stereocenters. The lowest BCUT2D eigenvalue weighted by Gasteiger charge is -2.10. The van der Waals surface area contributed by atoms with Gasteiger partial charge in [-0.25, -0.2) is 0 Å². The van der Waals surface area contributed by atoms with Crippen molar-refractivity contribution in [1.82, 2.24) is 0 Å². The normalized spacial score (nSPS) is 11.6. The van der Waals surface area contributed by atoms with Crippen molar-refractivity contribution < 1.29 is 18.0 Å². The van der Waals surface area contributed by atoms with Gasteiger partial charge in [-0.3, -0.25) is 4.79 Å². The summed E-state index contributed by atoms with van der Waals surface area (Å²) in [4.78, 5) is 12.2. The maximum atomic E-state index is 12.7. The Balaban J connectivity index is 2.15. The van der Waals surface area contributed by atoms with Gasteiger partial charge in [0.15, 0.2) is 0 Å². The van der Waals surface area contributed by atoms with E-state index < -0.39 is 17.6 Å². The molecule has 0 saturated heterocycles. The number of nitrogens with one attached hydrogen (secondary N) is 2. The molecule has 1 amide bonds. The van der Waals surface area contributed by atoms with Crippen LogP contribution >= 0.6 is 0 Å². The van der Waals surface area contributed by atoms with Gasteiger partial charge >= 0.3 is 6.18 Å². The molecule has 2 aromatic carbocycles. The van der Waals surface area contributed by atoms with Gasteiger partial charge < -0.3 is 10.6 Å². The molecule has 0 spiro atoms. The molecule has 2 aromatic rings. The number of carbonyl (C=O) groups is 1. The van der Waals surface area contributed by atoms with Crippen molar-refractivity contribution in [3.8, 4) is 6.07 Å². The Morgan fingerprint density at radius 2 is 1.88 bits per heavy atom. The van der Waals surface area contributed by atoms with Gasteiger partial charge in [0.2, 0.25) is 0 Å².